The molecule has 7 heteroatoms. The third kappa shape index (κ3) is 2.50. The van der Waals surface area contributed by atoms with Crippen LogP contribution in [0.4, 0.5) is 11.4 Å². The number of para-hydroxylation sites is 1. The minimum Gasteiger partial charge on any atom is -0.281 e. The molecule has 22 heavy (non-hydrogen) atoms. The molecule has 0 radical (unpaired) electrons. The number of nitrogens with one attached hydrogen (secondary N) is 1. The Morgan fingerprint density at radius 1 is 0.818 bits per heavy atom. The Bertz CT molecular complexity index is 793. The van der Waals surface area contributed by atoms with Crippen LogP contribution >= 0.6 is 47.6 Å². The first-order chi connectivity index (χ1) is 10.5. The van der Waals surface area contributed by atoms with E-state index < -0.39 is 0 Å². The maximum absolute atomic E-state index is 8.26. The lowest BCUT2D eigenvalue weighted by Crippen LogP contribution is -2.32. The summed E-state index contributed by atoms with van der Waals surface area (Å²) in [5.41, 5.74) is 1.48. The molecule has 0 aliphatic carbocycles. The van der Waals surface area contributed by atoms with Crippen LogP contribution in [-0.4, -0.2) is 15.9 Å². The van der Waals surface area contributed by atoms with Crippen LogP contribution < -0.4 is 9.80 Å². The predicted octanol–water partition coefficient (Wildman–Crippen LogP) is 4.91. The van der Waals surface area contributed by atoms with Crippen molar-refractivity contribution in [3.05, 3.63) is 58.6 Å². The number of thiocarbonyl (C=S) groups is 2. The molecule has 1 aliphatic heterocycles. The Morgan fingerprint density at radius 2 is 1.50 bits per heavy atom. The van der Waals surface area contributed by atoms with Crippen molar-refractivity contribution in [1.29, 1.82) is 5.41 Å². The first kappa shape index (κ1) is 15.4. The number of benzene rings is 2. The Hall–Kier alpha value is -1.53. The molecule has 0 saturated carbocycles. The van der Waals surface area contributed by atoms with Gasteiger partial charge in [0.15, 0.2) is 15.9 Å². The Morgan fingerprint density at radius 3 is 2.14 bits per heavy atom. The van der Waals surface area contributed by atoms with E-state index in [0.717, 1.165) is 5.69 Å². The molecule has 110 valence electrons. The first-order valence-electron chi connectivity index (χ1n) is 6.28. The Kier molecular flexibility index (Phi) is 4.14. The van der Waals surface area contributed by atoms with Gasteiger partial charge >= 0.3 is 0 Å². The molecular weight excluding hydrogens is 357 g/mol. The molecule has 3 nitrogen and oxygen atoms in total. The van der Waals surface area contributed by atoms with E-state index in [4.69, 9.17) is 53.0 Å². The number of nitrogens with zero attached hydrogens (tertiary/aromatic N) is 2. The van der Waals surface area contributed by atoms with Crippen molar-refractivity contribution in [1.82, 2.24) is 0 Å². The average molecular weight is 366 g/mol. The number of amidine groups is 1. The largest absolute Gasteiger partial charge is 0.281 e. The topological polar surface area (TPSA) is 30.3 Å². The second-order valence-electron chi connectivity index (χ2n) is 4.54. The number of halogens is 2. The van der Waals surface area contributed by atoms with E-state index in [0.29, 0.717) is 25.8 Å². The van der Waals surface area contributed by atoms with Gasteiger partial charge < -0.3 is 0 Å². The van der Waals surface area contributed by atoms with Gasteiger partial charge in [-0.1, -0.05) is 53.6 Å². The van der Waals surface area contributed by atoms with Gasteiger partial charge in [-0.15, -0.1) is 0 Å². The zero-order valence-electron chi connectivity index (χ0n) is 11.1. The van der Waals surface area contributed by atoms with Crippen molar-refractivity contribution in [3.63, 3.8) is 0 Å². The molecule has 0 spiro atoms. The lowest BCUT2D eigenvalue weighted by Gasteiger charge is -2.20. The molecule has 1 aliphatic rings. The summed E-state index contributed by atoms with van der Waals surface area (Å²) in [4.78, 5) is 3.62. The van der Waals surface area contributed by atoms with Gasteiger partial charge in [-0.05, 0) is 42.5 Å². The summed E-state index contributed by atoms with van der Waals surface area (Å²) in [5, 5.41) is 9.53. The molecule has 1 N–H and O–H groups in total. The van der Waals surface area contributed by atoms with Crippen molar-refractivity contribution in [2.45, 2.75) is 0 Å². The molecule has 0 unspecified atom stereocenters. The maximum atomic E-state index is 8.26. The number of hydrogen-bond acceptors (Lipinski definition) is 3. The zero-order valence-corrected chi connectivity index (χ0v) is 14.2. The number of hydrogen-bond donors (Lipinski definition) is 1. The van der Waals surface area contributed by atoms with Crippen LogP contribution in [0.3, 0.4) is 0 Å². The summed E-state index contributed by atoms with van der Waals surface area (Å²) in [7, 11) is 0. The fourth-order valence-electron chi connectivity index (χ4n) is 2.15. The van der Waals surface area contributed by atoms with Gasteiger partial charge in [0.1, 0.15) is 0 Å². The van der Waals surface area contributed by atoms with Crippen LogP contribution in [0.1, 0.15) is 0 Å². The van der Waals surface area contributed by atoms with Crippen molar-refractivity contribution >= 4 is 74.9 Å². The highest BCUT2D eigenvalue weighted by atomic mass is 35.5. The normalized spacial score (nSPS) is 14.9. The quantitative estimate of drug-likeness (QED) is 0.765. The molecule has 0 amide bonds. The molecule has 0 bridgehead atoms. The van der Waals surface area contributed by atoms with Gasteiger partial charge in [0.25, 0.3) is 0 Å². The molecule has 0 aromatic heterocycles. The molecule has 2 aromatic rings. The van der Waals surface area contributed by atoms with E-state index in [1.807, 2.05) is 30.3 Å². The van der Waals surface area contributed by atoms with Gasteiger partial charge in [-0.2, -0.15) is 0 Å². The molecule has 1 heterocycles. The standard InChI is InChI=1S/C15H9Cl2N3S2/c16-11-7-6-10(8-12(11)17)19-13(18)14(21)20(15(19)22)9-4-2-1-3-5-9/h1-8,18H. The molecule has 2 aromatic carbocycles. The van der Waals surface area contributed by atoms with E-state index in [2.05, 4.69) is 0 Å². The monoisotopic (exact) mass is 365 g/mol. The number of rotatable bonds is 2. The molecule has 3 rings (SSSR count). The first-order valence-corrected chi connectivity index (χ1v) is 7.85. The van der Waals surface area contributed by atoms with Crippen LogP contribution in [-0.2, 0) is 0 Å². The fourth-order valence-corrected chi connectivity index (χ4v) is 3.18. The molecular formula is C15H9Cl2N3S2. The maximum Gasteiger partial charge on any atom is 0.192 e. The van der Waals surface area contributed by atoms with E-state index in [-0.39, 0.29) is 5.84 Å². The minimum atomic E-state index is 0.141. The third-order valence-corrected chi connectivity index (χ3v) is 4.67. The van der Waals surface area contributed by atoms with Crippen molar-refractivity contribution in [3.8, 4) is 0 Å². The summed E-state index contributed by atoms with van der Waals surface area (Å²) >= 11 is 22.9. The van der Waals surface area contributed by atoms with Crippen LogP contribution in [0.15, 0.2) is 48.5 Å². The fraction of sp³-hybridized carbons (Fsp3) is 0. The van der Waals surface area contributed by atoms with Crippen LogP contribution in [0, 0.1) is 5.41 Å². The van der Waals surface area contributed by atoms with Crippen molar-refractivity contribution in [2.75, 3.05) is 9.80 Å². The van der Waals surface area contributed by atoms with E-state index in [1.165, 1.54) is 0 Å². The Balaban J connectivity index is 2.04. The molecule has 1 saturated heterocycles. The van der Waals surface area contributed by atoms with Crippen LogP contribution in [0.25, 0.3) is 0 Å². The highest BCUT2D eigenvalue weighted by Crippen LogP contribution is 2.32. The predicted molar refractivity (Wildman–Crippen MR) is 101 cm³/mol. The van der Waals surface area contributed by atoms with Gasteiger partial charge in [0.2, 0.25) is 0 Å². The van der Waals surface area contributed by atoms with Crippen LogP contribution in [0.2, 0.25) is 10.0 Å². The third-order valence-electron chi connectivity index (χ3n) is 3.19. The van der Waals surface area contributed by atoms with Gasteiger partial charge in [0, 0.05) is 5.69 Å². The van der Waals surface area contributed by atoms with Crippen molar-refractivity contribution in [2.24, 2.45) is 0 Å². The summed E-state index contributed by atoms with van der Waals surface area (Å²) < 4.78 is 0. The lowest BCUT2D eigenvalue weighted by molar-refractivity contribution is 1.39. The van der Waals surface area contributed by atoms with Gasteiger partial charge in [-0.25, -0.2) is 0 Å². The van der Waals surface area contributed by atoms with Crippen LogP contribution in [0.5, 0.6) is 0 Å². The van der Waals surface area contributed by atoms with Gasteiger partial charge in [0.05, 0.1) is 15.7 Å². The Labute approximate surface area is 148 Å². The SMILES string of the molecule is N=C1C(=S)N(c2ccccc2)C(=S)N1c1ccc(Cl)c(Cl)c1. The second kappa shape index (κ2) is 5.93. The van der Waals surface area contributed by atoms with E-state index in [1.54, 1.807) is 28.0 Å². The summed E-state index contributed by atoms with van der Waals surface area (Å²) in [6.45, 7) is 0. The summed E-state index contributed by atoms with van der Waals surface area (Å²) in [5.74, 6) is 0.141. The highest BCUT2D eigenvalue weighted by molar-refractivity contribution is 7.84. The van der Waals surface area contributed by atoms with E-state index >= 15 is 0 Å². The van der Waals surface area contributed by atoms with Gasteiger partial charge in [-0.3, -0.25) is 15.2 Å². The smallest absolute Gasteiger partial charge is 0.192 e. The molecule has 1 fully saturated rings. The molecule has 0 atom stereocenters. The lowest BCUT2D eigenvalue weighted by atomic mass is 10.3. The zero-order chi connectivity index (χ0) is 15.9. The second-order valence-corrected chi connectivity index (χ2v) is 6.11. The van der Waals surface area contributed by atoms with E-state index in [9.17, 15) is 0 Å². The number of anilines is 2. The average Bonchev–Trinajstić information content (AvgIpc) is 2.73. The summed E-state index contributed by atoms with van der Waals surface area (Å²) in [6, 6.07) is 14.6. The minimum absolute atomic E-state index is 0.141. The van der Waals surface area contributed by atoms with Crippen molar-refractivity contribution < 1.29 is 0 Å². The summed E-state index contributed by atoms with van der Waals surface area (Å²) in [6.07, 6.45) is 0. The highest BCUT2D eigenvalue weighted by Gasteiger charge is 2.37.